The van der Waals surface area contributed by atoms with Crippen molar-refractivity contribution in [2.45, 2.75) is 20.1 Å². The van der Waals surface area contributed by atoms with Gasteiger partial charge in [-0.2, -0.15) is 0 Å². The number of benzene rings is 1. The van der Waals surface area contributed by atoms with E-state index in [1.54, 1.807) is 6.92 Å². The molecule has 1 aromatic rings. The molecular formula is C13H18N2O4. The zero-order valence-corrected chi connectivity index (χ0v) is 11.1. The van der Waals surface area contributed by atoms with Gasteiger partial charge in [0.05, 0.1) is 6.61 Å². The quantitative estimate of drug-likeness (QED) is 0.851. The summed E-state index contributed by atoms with van der Waals surface area (Å²) in [7, 11) is 1.50. The largest absolute Gasteiger partial charge is 0.450 e. The van der Waals surface area contributed by atoms with Crippen LogP contribution >= 0.6 is 0 Å². The topological polar surface area (TPSA) is 76.7 Å². The summed E-state index contributed by atoms with van der Waals surface area (Å²) in [5, 5.41) is 4.99. The van der Waals surface area contributed by atoms with E-state index < -0.39 is 12.2 Å². The van der Waals surface area contributed by atoms with E-state index in [0.717, 1.165) is 11.1 Å². The average molecular weight is 266 g/mol. The molecule has 0 aliphatic heterocycles. The van der Waals surface area contributed by atoms with E-state index in [1.165, 1.54) is 7.05 Å². The Hall–Kier alpha value is -2.24. The maximum absolute atomic E-state index is 11.1. The molecule has 0 aromatic heterocycles. The molecule has 0 saturated heterocycles. The van der Waals surface area contributed by atoms with Crippen molar-refractivity contribution in [2.75, 3.05) is 13.7 Å². The summed E-state index contributed by atoms with van der Waals surface area (Å²) in [6.07, 6.45) is -0.926. The Kier molecular flexibility index (Phi) is 6.21. The summed E-state index contributed by atoms with van der Waals surface area (Å²) in [6, 6.07) is 7.41. The van der Waals surface area contributed by atoms with Crippen molar-refractivity contribution in [3.8, 4) is 0 Å². The van der Waals surface area contributed by atoms with Crippen LogP contribution in [0.2, 0.25) is 0 Å². The number of amides is 2. The Bertz CT molecular complexity index is 434. The van der Waals surface area contributed by atoms with Gasteiger partial charge in [0.2, 0.25) is 0 Å². The van der Waals surface area contributed by atoms with E-state index in [9.17, 15) is 9.59 Å². The Morgan fingerprint density at radius 1 is 1.16 bits per heavy atom. The molecule has 0 aliphatic carbocycles. The Morgan fingerprint density at radius 2 is 1.89 bits per heavy atom. The van der Waals surface area contributed by atoms with E-state index >= 15 is 0 Å². The highest BCUT2D eigenvalue weighted by atomic mass is 16.6. The lowest BCUT2D eigenvalue weighted by molar-refractivity contribution is 0.142. The van der Waals surface area contributed by atoms with Gasteiger partial charge in [-0.3, -0.25) is 0 Å². The molecule has 0 aliphatic rings. The first-order chi connectivity index (χ1) is 9.15. The van der Waals surface area contributed by atoms with E-state index in [0.29, 0.717) is 13.2 Å². The van der Waals surface area contributed by atoms with Crippen molar-refractivity contribution in [2.24, 2.45) is 0 Å². The van der Waals surface area contributed by atoms with Gasteiger partial charge in [0.1, 0.15) is 6.61 Å². The van der Waals surface area contributed by atoms with E-state index in [2.05, 4.69) is 10.6 Å². The molecule has 0 unspecified atom stereocenters. The molecule has 104 valence electrons. The molecule has 0 radical (unpaired) electrons. The lowest BCUT2D eigenvalue weighted by Gasteiger charge is -2.08. The van der Waals surface area contributed by atoms with Crippen LogP contribution in [-0.4, -0.2) is 25.8 Å². The van der Waals surface area contributed by atoms with Crippen molar-refractivity contribution in [1.82, 2.24) is 10.6 Å². The fourth-order valence-electron chi connectivity index (χ4n) is 1.41. The van der Waals surface area contributed by atoms with Crippen LogP contribution in [0.5, 0.6) is 0 Å². The molecule has 0 saturated carbocycles. The van der Waals surface area contributed by atoms with Gasteiger partial charge >= 0.3 is 12.2 Å². The minimum absolute atomic E-state index is 0.187. The van der Waals surface area contributed by atoms with Gasteiger partial charge in [0, 0.05) is 13.6 Å². The van der Waals surface area contributed by atoms with Crippen molar-refractivity contribution >= 4 is 12.2 Å². The van der Waals surface area contributed by atoms with E-state index in [-0.39, 0.29) is 6.61 Å². The molecule has 6 heteroatoms. The van der Waals surface area contributed by atoms with Gasteiger partial charge < -0.3 is 20.1 Å². The van der Waals surface area contributed by atoms with Gasteiger partial charge in [0.15, 0.2) is 0 Å². The summed E-state index contributed by atoms with van der Waals surface area (Å²) in [4.78, 5) is 22.1. The summed E-state index contributed by atoms with van der Waals surface area (Å²) in [6.45, 7) is 2.64. The SMILES string of the molecule is CCOC(=O)NCc1cccc(COC(=O)NC)c1. The highest BCUT2D eigenvalue weighted by molar-refractivity contribution is 5.67. The molecule has 0 spiro atoms. The van der Waals surface area contributed by atoms with Gasteiger partial charge in [0.25, 0.3) is 0 Å². The number of hydrogen-bond acceptors (Lipinski definition) is 4. The summed E-state index contributed by atoms with van der Waals surface area (Å²) < 4.78 is 9.69. The van der Waals surface area contributed by atoms with Crippen LogP contribution in [0.25, 0.3) is 0 Å². The monoisotopic (exact) mass is 266 g/mol. The number of carbonyl (C=O) groups is 2. The first kappa shape index (κ1) is 14.8. The summed E-state index contributed by atoms with van der Waals surface area (Å²) in [5.41, 5.74) is 1.76. The van der Waals surface area contributed by atoms with Crippen LogP contribution < -0.4 is 10.6 Å². The van der Waals surface area contributed by atoms with E-state index in [4.69, 9.17) is 9.47 Å². The molecule has 2 N–H and O–H groups in total. The molecule has 0 atom stereocenters. The van der Waals surface area contributed by atoms with Gasteiger partial charge in [-0.05, 0) is 18.1 Å². The van der Waals surface area contributed by atoms with Crippen molar-refractivity contribution in [3.63, 3.8) is 0 Å². The Balaban J connectivity index is 2.47. The predicted octanol–water partition coefficient (Wildman–Crippen LogP) is 1.79. The lowest BCUT2D eigenvalue weighted by Crippen LogP contribution is -2.23. The van der Waals surface area contributed by atoms with Crippen molar-refractivity contribution < 1.29 is 19.1 Å². The average Bonchev–Trinajstić information content (AvgIpc) is 2.43. The standard InChI is InChI=1S/C13H18N2O4/c1-3-18-13(17)15-8-10-5-4-6-11(7-10)9-19-12(16)14-2/h4-7H,3,8-9H2,1-2H3,(H,14,16)(H,15,17). The molecular weight excluding hydrogens is 248 g/mol. The van der Waals surface area contributed by atoms with Crippen LogP contribution in [0.15, 0.2) is 24.3 Å². The Labute approximate surface area is 112 Å². The molecule has 0 fully saturated rings. The minimum atomic E-state index is -0.477. The maximum Gasteiger partial charge on any atom is 0.407 e. The van der Waals surface area contributed by atoms with Crippen LogP contribution in [0.4, 0.5) is 9.59 Å². The highest BCUT2D eigenvalue weighted by Crippen LogP contribution is 2.06. The van der Waals surface area contributed by atoms with Crippen LogP contribution in [0.1, 0.15) is 18.1 Å². The van der Waals surface area contributed by atoms with E-state index in [1.807, 2.05) is 24.3 Å². The lowest BCUT2D eigenvalue weighted by atomic mass is 10.1. The zero-order valence-electron chi connectivity index (χ0n) is 11.1. The number of nitrogens with one attached hydrogen (secondary N) is 2. The molecule has 1 rings (SSSR count). The van der Waals surface area contributed by atoms with Crippen molar-refractivity contribution in [1.29, 1.82) is 0 Å². The second-order valence-corrected chi connectivity index (χ2v) is 3.72. The second-order valence-electron chi connectivity index (χ2n) is 3.72. The van der Waals surface area contributed by atoms with Crippen LogP contribution in [0, 0.1) is 0 Å². The fraction of sp³-hybridized carbons (Fsp3) is 0.385. The number of ether oxygens (including phenoxy) is 2. The van der Waals surface area contributed by atoms with Gasteiger partial charge in [-0.25, -0.2) is 9.59 Å². The third-order valence-corrected chi connectivity index (χ3v) is 2.28. The first-order valence-electron chi connectivity index (χ1n) is 5.98. The number of hydrogen-bond donors (Lipinski definition) is 2. The highest BCUT2D eigenvalue weighted by Gasteiger charge is 2.03. The molecule has 1 aromatic carbocycles. The minimum Gasteiger partial charge on any atom is -0.450 e. The molecule has 0 heterocycles. The predicted molar refractivity (Wildman–Crippen MR) is 69.5 cm³/mol. The number of carbonyl (C=O) groups excluding carboxylic acids is 2. The third-order valence-electron chi connectivity index (χ3n) is 2.28. The van der Waals surface area contributed by atoms with Crippen molar-refractivity contribution in [3.05, 3.63) is 35.4 Å². The number of rotatable bonds is 5. The van der Waals surface area contributed by atoms with Gasteiger partial charge in [-0.1, -0.05) is 24.3 Å². The second kappa shape index (κ2) is 7.97. The third kappa shape index (κ3) is 5.76. The maximum atomic E-state index is 11.1. The molecule has 6 nitrogen and oxygen atoms in total. The molecule has 19 heavy (non-hydrogen) atoms. The molecule has 2 amide bonds. The normalized spacial score (nSPS) is 9.58. The number of alkyl carbamates (subject to hydrolysis) is 2. The fourth-order valence-corrected chi connectivity index (χ4v) is 1.41. The smallest absolute Gasteiger partial charge is 0.407 e. The Morgan fingerprint density at radius 3 is 2.58 bits per heavy atom. The van der Waals surface area contributed by atoms with Gasteiger partial charge in [-0.15, -0.1) is 0 Å². The van der Waals surface area contributed by atoms with Crippen LogP contribution in [0.3, 0.4) is 0 Å². The first-order valence-corrected chi connectivity index (χ1v) is 5.98. The summed E-state index contributed by atoms with van der Waals surface area (Å²) in [5.74, 6) is 0. The zero-order chi connectivity index (χ0) is 14.1. The molecule has 0 bridgehead atoms. The summed E-state index contributed by atoms with van der Waals surface area (Å²) >= 11 is 0. The van der Waals surface area contributed by atoms with Crippen LogP contribution in [-0.2, 0) is 22.6 Å².